The highest BCUT2D eigenvalue weighted by Crippen LogP contribution is 2.29. The zero-order valence-corrected chi connectivity index (χ0v) is 17.5. The highest BCUT2D eigenvalue weighted by atomic mass is 16.5. The maximum absolute atomic E-state index is 13.3. The van der Waals surface area contributed by atoms with Gasteiger partial charge in [-0.2, -0.15) is 0 Å². The zero-order valence-electron chi connectivity index (χ0n) is 17.5. The summed E-state index contributed by atoms with van der Waals surface area (Å²) < 4.78 is 6.61. The van der Waals surface area contributed by atoms with Gasteiger partial charge in [0.15, 0.2) is 5.69 Å². The molecule has 3 rings (SSSR count). The smallest absolute Gasteiger partial charge is 0.273 e. The summed E-state index contributed by atoms with van der Waals surface area (Å²) in [4.78, 5) is 44.6. The molecule has 1 unspecified atom stereocenters. The molecule has 1 aromatic rings. The van der Waals surface area contributed by atoms with Gasteiger partial charge >= 0.3 is 0 Å². The van der Waals surface area contributed by atoms with Crippen LogP contribution >= 0.6 is 0 Å². The number of amides is 3. The molecule has 1 atom stereocenters. The predicted octanol–water partition coefficient (Wildman–Crippen LogP) is 0.943. The molecular formula is C20H31N5O4. The third-order valence-electron chi connectivity index (χ3n) is 5.88. The first kappa shape index (κ1) is 21.3. The van der Waals surface area contributed by atoms with Gasteiger partial charge in [-0.15, -0.1) is 0 Å². The molecule has 1 saturated carbocycles. The van der Waals surface area contributed by atoms with Crippen LogP contribution in [0, 0.1) is 0 Å². The lowest BCUT2D eigenvalue weighted by atomic mass is 9.94. The number of imidazole rings is 1. The van der Waals surface area contributed by atoms with E-state index in [2.05, 4.69) is 15.6 Å². The first-order chi connectivity index (χ1) is 13.9. The minimum atomic E-state index is -1.02. The first-order valence-corrected chi connectivity index (χ1v) is 10.4. The van der Waals surface area contributed by atoms with Crippen LogP contribution in [0.15, 0.2) is 6.33 Å². The molecule has 2 aliphatic rings. The summed E-state index contributed by atoms with van der Waals surface area (Å²) in [5, 5.41) is 5.89. The monoisotopic (exact) mass is 405 g/mol. The minimum absolute atomic E-state index is 0.101. The fraction of sp³-hybridized carbons (Fsp3) is 0.700. The lowest BCUT2D eigenvalue weighted by Gasteiger charge is -2.43. The van der Waals surface area contributed by atoms with E-state index in [1.807, 2.05) is 6.92 Å². The molecule has 0 radical (unpaired) electrons. The number of ether oxygens (including phenoxy) is 1. The highest BCUT2D eigenvalue weighted by molar-refractivity contribution is 6.07. The van der Waals surface area contributed by atoms with E-state index in [4.69, 9.17) is 4.74 Å². The molecule has 0 aromatic carbocycles. The number of carbonyl (C=O) groups excluding carboxylic acids is 3. The lowest BCUT2D eigenvalue weighted by Crippen LogP contribution is -2.64. The average Bonchev–Trinajstić information content (AvgIpc) is 3.35. The van der Waals surface area contributed by atoms with E-state index in [1.54, 1.807) is 23.5 Å². The summed E-state index contributed by atoms with van der Waals surface area (Å²) in [6.45, 7) is 5.24. The van der Waals surface area contributed by atoms with Gasteiger partial charge in [0, 0.05) is 32.8 Å². The Labute approximate surface area is 171 Å². The fourth-order valence-corrected chi connectivity index (χ4v) is 4.26. The molecule has 1 fully saturated rings. The maximum atomic E-state index is 13.3. The van der Waals surface area contributed by atoms with Crippen LogP contribution in [0.1, 0.15) is 66.9 Å². The SMILES string of the molecule is CCN1C(=O)c2c(C(=O)NCCCOC)ncn2CC1(C)C(=O)NC1CCCC1. The highest BCUT2D eigenvalue weighted by Gasteiger charge is 2.48. The number of fused-ring (bicyclic) bond motifs is 1. The average molecular weight is 405 g/mol. The Morgan fingerprint density at radius 2 is 2.07 bits per heavy atom. The van der Waals surface area contributed by atoms with E-state index >= 15 is 0 Å². The van der Waals surface area contributed by atoms with Crippen molar-refractivity contribution >= 4 is 17.7 Å². The van der Waals surface area contributed by atoms with Crippen LogP contribution in [-0.2, 0) is 16.1 Å². The number of rotatable bonds is 8. The molecule has 3 amide bonds. The van der Waals surface area contributed by atoms with Crippen molar-refractivity contribution in [2.24, 2.45) is 0 Å². The number of nitrogens with one attached hydrogen (secondary N) is 2. The standard InChI is InChI=1S/C20H31N5O4/c1-4-25-18(27)16-15(17(26)21-10-7-11-29-3)22-13-24(16)12-20(25,2)19(28)23-14-8-5-6-9-14/h13-14H,4-12H2,1-3H3,(H,21,26)(H,23,28). The Bertz CT molecular complexity index is 771. The fourth-order valence-electron chi connectivity index (χ4n) is 4.26. The molecule has 2 heterocycles. The first-order valence-electron chi connectivity index (χ1n) is 10.4. The lowest BCUT2D eigenvalue weighted by molar-refractivity contribution is -0.133. The van der Waals surface area contributed by atoms with Gasteiger partial charge in [0.25, 0.3) is 11.8 Å². The second-order valence-electron chi connectivity index (χ2n) is 7.95. The van der Waals surface area contributed by atoms with Crippen molar-refractivity contribution in [2.45, 2.75) is 64.1 Å². The third-order valence-corrected chi connectivity index (χ3v) is 5.88. The van der Waals surface area contributed by atoms with Crippen molar-refractivity contribution in [1.82, 2.24) is 25.1 Å². The molecule has 2 N–H and O–H groups in total. The molecule has 29 heavy (non-hydrogen) atoms. The normalized spacial score (nSPS) is 21.9. The van der Waals surface area contributed by atoms with E-state index in [-0.39, 0.29) is 35.8 Å². The Morgan fingerprint density at radius 3 is 2.72 bits per heavy atom. The van der Waals surface area contributed by atoms with Crippen molar-refractivity contribution in [2.75, 3.05) is 26.8 Å². The van der Waals surface area contributed by atoms with Gasteiger partial charge in [-0.05, 0) is 33.1 Å². The van der Waals surface area contributed by atoms with Gasteiger partial charge in [0.05, 0.1) is 12.9 Å². The molecule has 1 aromatic heterocycles. The van der Waals surface area contributed by atoms with Crippen LogP contribution in [0.3, 0.4) is 0 Å². The second-order valence-corrected chi connectivity index (χ2v) is 7.95. The number of nitrogens with zero attached hydrogens (tertiary/aromatic N) is 3. The Hall–Kier alpha value is -2.42. The summed E-state index contributed by atoms with van der Waals surface area (Å²) in [7, 11) is 1.60. The Kier molecular flexibility index (Phi) is 6.56. The van der Waals surface area contributed by atoms with E-state index in [0.29, 0.717) is 26.1 Å². The largest absolute Gasteiger partial charge is 0.385 e. The quantitative estimate of drug-likeness (QED) is 0.626. The summed E-state index contributed by atoms with van der Waals surface area (Å²) in [5.74, 6) is -0.884. The third kappa shape index (κ3) is 4.14. The van der Waals surface area contributed by atoms with Gasteiger partial charge in [-0.3, -0.25) is 14.4 Å². The summed E-state index contributed by atoms with van der Waals surface area (Å²) in [5.41, 5.74) is -0.680. The van der Waals surface area contributed by atoms with Gasteiger partial charge in [0.1, 0.15) is 11.2 Å². The molecule has 0 saturated heterocycles. The molecular weight excluding hydrogens is 374 g/mol. The van der Waals surface area contributed by atoms with Crippen LogP contribution in [0.25, 0.3) is 0 Å². The molecule has 160 valence electrons. The van der Waals surface area contributed by atoms with Gasteiger partial charge in [-0.25, -0.2) is 4.98 Å². The van der Waals surface area contributed by atoms with E-state index < -0.39 is 11.4 Å². The molecule has 1 aliphatic heterocycles. The molecule has 9 nitrogen and oxygen atoms in total. The van der Waals surface area contributed by atoms with Crippen LogP contribution in [-0.4, -0.2) is 70.6 Å². The Morgan fingerprint density at radius 1 is 1.34 bits per heavy atom. The summed E-state index contributed by atoms with van der Waals surface area (Å²) >= 11 is 0. The summed E-state index contributed by atoms with van der Waals surface area (Å²) in [6, 6.07) is 0.172. The molecule has 1 aliphatic carbocycles. The number of carbonyl (C=O) groups is 3. The molecule has 0 spiro atoms. The number of methoxy groups -OCH3 is 1. The van der Waals surface area contributed by atoms with E-state index in [0.717, 1.165) is 25.7 Å². The number of hydrogen-bond acceptors (Lipinski definition) is 5. The molecule has 0 bridgehead atoms. The number of hydrogen-bond donors (Lipinski definition) is 2. The zero-order chi connectivity index (χ0) is 21.0. The van der Waals surface area contributed by atoms with Gasteiger partial charge in [0.2, 0.25) is 5.91 Å². The van der Waals surface area contributed by atoms with Crippen molar-refractivity contribution in [1.29, 1.82) is 0 Å². The van der Waals surface area contributed by atoms with E-state index in [9.17, 15) is 14.4 Å². The number of aromatic nitrogens is 2. The van der Waals surface area contributed by atoms with Gasteiger partial charge < -0.3 is 24.8 Å². The number of likely N-dealkylation sites (N-methyl/N-ethyl adjacent to an activating group) is 1. The van der Waals surface area contributed by atoms with Crippen LogP contribution in [0.2, 0.25) is 0 Å². The molecule has 9 heteroatoms. The summed E-state index contributed by atoms with van der Waals surface area (Å²) in [6.07, 6.45) is 6.34. The van der Waals surface area contributed by atoms with Gasteiger partial charge in [-0.1, -0.05) is 12.8 Å². The Balaban J connectivity index is 1.80. The van der Waals surface area contributed by atoms with Crippen LogP contribution < -0.4 is 10.6 Å². The predicted molar refractivity (Wildman–Crippen MR) is 107 cm³/mol. The van der Waals surface area contributed by atoms with E-state index in [1.165, 1.54) is 6.33 Å². The van der Waals surface area contributed by atoms with Crippen molar-refractivity contribution < 1.29 is 19.1 Å². The van der Waals surface area contributed by atoms with Crippen LogP contribution in [0.4, 0.5) is 0 Å². The topological polar surface area (TPSA) is 106 Å². The van der Waals surface area contributed by atoms with Crippen molar-refractivity contribution in [3.05, 3.63) is 17.7 Å². The van der Waals surface area contributed by atoms with Crippen molar-refractivity contribution in [3.8, 4) is 0 Å². The maximum Gasteiger partial charge on any atom is 0.273 e. The minimum Gasteiger partial charge on any atom is -0.385 e. The van der Waals surface area contributed by atoms with Crippen molar-refractivity contribution in [3.63, 3.8) is 0 Å². The second kappa shape index (κ2) is 8.94. The van der Waals surface area contributed by atoms with Crippen LogP contribution in [0.5, 0.6) is 0 Å².